The van der Waals surface area contributed by atoms with E-state index in [2.05, 4.69) is 5.10 Å². The molecule has 3 heteroatoms. The second-order valence-corrected chi connectivity index (χ2v) is 3.70. The predicted octanol–water partition coefficient (Wildman–Crippen LogP) is 2.86. The minimum absolute atomic E-state index is 0.263. The summed E-state index contributed by atoms with van der Waals surface area (Å²) in [6.45, 7) is 0. The maximum absolute atomic E-state index is 9.16. The van der Waals surface area contributed by atoms with E-state index < -0.39 is 0 Å². The van der Waals surface area contributed by atoms with Gasteiger partial charge in [-0.25, -0.2) is 0 Å². The number of para-hydroxylation sites is 1. The molecule has 2 rings (SSSR count). The summed E-state index contributed by atoms with van der Waals surface area (Å²) < 4.78 is 0. The van der Waals surface area contributed by atoms with Crippen LogP contribution in [0.1, 0.15) is 5.56 Å². The van der Waals surface area contributed by atoms with Gasteiger partial charge in [-0.3, -0.25) is 5.01 Å². The van der Waals surface area contributed by atoms with Crippen molar-refractivity contribution >= 4 is 11.9 Å². The highest BCUT2D eigenvalue weighted by molar-refractivity contribution is 5.80. The molecule has 17 heavy (non-hydrogen) atoms. The highest BCUT2D eigenvalue weighted by atomic mass is 16.3. The summed E-state index contributed by atoms with van der Waals surface area (Å²) in [5.41, 5.74) is 1.98. The Labute approximate surface area is 101 Å². The van der Waals surface area contributed by atoms with Crippen molar-refractivity contribution in [1.29, 1.82) is 0 Å². The Morgan fingerprint density at radius 1 is 1.00 bits per heavy atom. The third-order valence-corrected chi connectivity index (χ3v) is 2.40. The van der Waals surface area contributed by atoms with Crippen LogP contribution in [0.2, 0.25) is 0 Å². The number of anilines is 1. The maximum atomic E-state index is 9.16. The summed E-state index contributed by atoms with van der Waals surface area (Å²) in [6.07, 6.45) is 1.76. The zero-order chi connectivity index (χ0) is 12.1. The molecule has 3 nitrogen and oxygen atoms in total. The molecule has 2 aromatic rings. The summed E-state index contributed by atoms with van der Waals surface area (Å²) in [7, 11) is 1.90. The largest absolute Gasteiger partial charge is 0.508 e. The first-order valence-corrected chi connectivity index (χ1v) is 5.37. The molecule has 0 radical (unpaired) electrons. The fraction of sp³-hybridized carbons (Fsp3) is 0.0714. The number of hydrogen-bond acceptors (Lipinski definition) is 3. The molecule has 0 saturated carbocycles. The molecule has 0 atom stereocenters. The van der Waals surface area contributed by atoms with E-state index in [1.165, 1.54) is 0 Å². The Morgan fingerprint density at radius 3 is 2.29 bits per heavy atom. The van der Waals surface area contributed by atoms with Gasteiger partial charge in [0, 0.05) is 7.05 Å². The van der Waals surface area contributed by atoms with Gasteiger partial charge in [0.15, 0.2) is 0 Å². The summed E-state index contributed by atoms with van der Waals surface area (Å²) in [5, 5.41) is 15.3. The number of hydrazone groups is 1. The van der Waals surface area contributed by atoms with E-state index in [4.69, 9.17) is 5.11 Å². The Morgan fingerprint density at radius 2 is 1.65 bits per heavy atom. The Kier molecular flexibility index (Phi) is 3.40. The van der Waals surface area contributed by atoms with Gasteiger partial charge in [0.2, 0.25) is 0 Å². The number of phenols is 1. The Balaban J connectivity index is 2.08. The van der Waals surface area contributed by atoms with Gasteiger partial charge in [0.25, 0.3) is 0 Å². The van der Waals surface area contributed by atoms with Crippen LogP contribution in [0.5, 0.6) is 5.75 Å². The van der Waals surface area contributed by atoms with E-state index in [1.54, 1.807) is 23.4 Å². The smallest absolute Gasteiger partial charge is 0.115 e. The van der Waals surface area contributed by atoms with Gasteiger partial charge < -0.3 is 5.11 Å². The molecule has 86 valence electrons. The molecule has 0 fully saturated rings. The normalized spacial score (nSPS) is 10.6. The molecule has 0 unspecified atom stereocenters. The Bertz CT molecular complexity index is 491. The SMILES string of the molecule is CN(/N=C\c1ccc(O)cc1)c1ccccc1. The Hall–Kier alpha value is -2.29. The average molecular weight is 226 g/mol. The lowest BCUT2D eigenvalue weighted by Crippen LogP contribution is -2.08. The molecule has 0 heterocycles. The van der Waals surface area contributed by atoms with Crippen molar-refractivity contribution in [2.75, 3.05) is 12.1 Å². The lowest BCUT2D eigenvalue weighted by molar-refractivity contribution is 0.475. The first kappa shape index (κ1) is 11.2. The van der Waals surface area contributed by atoms with E-state index in [1.807, 2.05) is 49.5 Å². The van der Waals surface area contributed by atoms with Crippen LogP contribution < -0.4 is 5.01 Å². The fourth-order valence-electron chi connectivity index (χ4n) is 1.42. The van der Waals surface area contributed by atoms with Crippen molar-refractivity contribution in [3.63, 3.8) is 0 Å². The first-order valence-electron chi connectivity index (χ1n) is 5.37. The van der Waals surface area contributed by atoms with E-state index in [0.29, 0.717) is 0 Å². The summed E-state index contributed by atoms with van der Waals surface area (Å²) in [6, 6.07) is 16.8. The standard InChI is InChI=1S/C14H14N2O/c1-16(13-5-3-2-4-6-13)15-11-12-7-9-14(17)10-8-12/h2-11,17H,1H3/b15-11-. The van der Waals surface area contributed by atoms with Crippen LogP contribution in [0.25, 0.3) is 0 Å². The molecule has 0 saturated heterocycles. The summed E-state index contributed by atoms with van der Waals surface area (Å²) in [4.78, 5) is 0. The fourth-order valence-corrected chi connectivity index (χ4v) is 1.42. The number of phenolic OH excluding ortho intramolecular Hbond substituents is 1. The van der Waals surface area contributed by atoms with E-state index in [0.717, 1.165) is 11.3 Å². The van der Waals surface area contributed by atoms with Crippen molar-refractivity contribution in [2.24, 2.45) is 5.10 Å². The van der Waals surface area contributed by atoms with Gasteiger partial charge in [0.1, 0.15) is 5.75 Å². The van der Waals surface area contributed by atoms with Crippen LogP contribution in [0.15, 0.2) is 59.7 Å². The van der Waals surface area contributed by atoms with Gasteiger partial charge in [-0.15, -0.1) is 0 Å². The van der Waals surface area contributed by atoms with E-state index >= 15 is 0 Å². The third kappa shape index (κ3) is 3.08. The van der Waals surface area contributed by atoms with Crippen LogP contribution in [0.4, 0.5) is 5.69 Å². The van der Waals surface area contributed by atoms with Crippen LogP contribution >= 0.6 is 0 Å². The summed E-state index contributed by atoms with van der Waals surface area (Å²) >= 11 is 0. The molecule has 0 aromatic heterocycles. The van der Waals surface area contributed by atoms with Gasteiger partial charge in [-0.2, -0.15) is 5.10 Å². The topological polar surface area (TPSA) is 35.8 Å². The molecule has 1 N–H and O–H groups in total. The minimum Gasteiger partial charge on any atom is -0.508 e. The minimum atomic E-state index is 0.263. The second kappa shape index (κ2) is 5.16. The molecule has 0 amide bonds. The molecule has 0 aliphatic rings. The van der Waals surface area contributed by atoms with Crippen LogP contribution in [0, 0.1) is 0 Å². The molecule has 0 aliphatic heterocycles. The first-order chi connectivity index (χ1) is 8.25. The van der Waals surface area contributed by atoms with Gasteiger partial charge in [-0.1, -0.05) is 18.2 Å². The van der Waals surface area contributed by atoms with Crippen molar-refractivity contribution in [3.05, 3.63) is 60.2 Å². The predicted molar refractivity (Wildman–Crippen MR) is 70.5 cm³/mol. The molecule has 2 aromatic carbocycles. The highest BCUT2D eigenvalue weighted by Gasteiger charge is 1.95. The van der Waals surface area contributed by atoms with Crippen LogP contribution in [-0.2, 0) is 0 Å². The molecular formula is C14H14N2O. The lowest BCUT2D eigenvalue weighted by Gasteiger charge is -2.11. The van der Waals surface area contributed by atoms with Gasteiger partial charge in [0.05, 0.1) is 11.9 Å². The van der Waals surface area contributed by atoms with Crippen LogP contribution in [-0.4, -0.2) is 18.4 Å². The maximum Gasteiger partial charge on any atom is 0.115 e. The molecule has 0 bridgehead atoms. The monoisotopic (exact) mass is 226 g/mol. The van der Waals surface area contributed by atoms with Crippen LogP contribution in [0.3, 0.4) is 0 Å². The van der Waals surface area contributed by atoms with Gasteiger partial charge >= 0.3 is 0 Å². The van der Waals surface area contributed by atoms with Crippen molar-refractivity contribution < 1.29 is 5.11 Å². The van der Waals surface area contributed by atoms with Gasteiger partial charge in [-0.05, 0) is 42.0 Å². The molecule has 0 spiro atoms. The lowest BCUT2D eigenvalue weighted by atomic mass is 10.2. The van der Waals surface area contributed by atoms with E-state index in [-0.39, 0.29) is 5.75 Å². The van der Waals surface area contributed by atoms with Crippen molar-refractivity contribution in [1.82, 2.24) is 0 Å². The summed E-state index contributed by atoms with van der Waals surface area (Å²) in [5.74, 6) is 0.263. The quantitative estimate of drug-likeness (QED) is 0.645. The molecular weight excluding hydrogens is 212 g/mol. The third-order valence-electron chi connectivity index (χ3n) is 2.40. The average Bonchev–Trinajstić information content (AvgIpc) is 2.39. The highest BCUT2D eigenvalue weighted by Crippen LogP contribution is 2.12. The zero-order valence-corrected chi connectivity index (χ0v) is 9.62. The van der Waals surface area contributed by atoms with Crippen molar-refractivity contribution in [3.8, 4) is 5.75 Å². The number of benzene rings is 2. The number of aromatic hydroxyl groups is 1. The second-order valence-electron chi connectivity index (χ2n) is 3.70. The number of hydrogen-bond donors (Lipinski definition) is 1. The zero-order valence-electron chi connectivity index (χ0n) is 9.62. The number of rotatable bonds is 3. The van der Waals surface area contributed by atoms with E-state index in [9.17, 15) is 0 Å². The number of nitrogens with zero attached hydrogens (tertiary/aromatic N) is 2. The van der Waals surface area contributed by atoms with Crippen molar-refractivity contribution in [2.45, 2.75) is 0 Å². The molecule has 0 aliphatic carbocycles.